The molecule has 0 saturated carbocycles. The number of rotatable bonds is 6. The van der Waals surface area contributed by atoms with Crippen molar-refractivity contribution in [2.45, 2.75) is 42.5 Å². The highest BCUT2D eigenvalue weighted by Gasteiger charge is 2.18. The minimum Gasteiger partial charge on any atom is -0.325 e. The summed E-state index contributed by atoms with van der Waals surface area (Å²) in [4.78, 5) is 20.1. The molecule has 0 atom stereocenters. The van der Waals surface area contributed by atoms with Gasteiger partial charge in [-0.1, -0.05) is 12.1 Å². The number of hydrogen-bond acceptors (Lipinski definition) is 6. The van der Waals surface area contributed by atoms with Gasteiger partial charge >= 0.3 is 5.97 Å². The summed E-state index contributed by atoms with van der Waals surface area (Å²) in [5.74, 6) is -0.368. The van der Waals surface area contributed by atoms with E-state index in [2.05, 4.69) is 4.89 Å². The van der Waals surface area contributed by atoms with Gasteiger partial charge in [0.05, 0.1) is 9.79 Å². The smallest absolute Gasteiger partial charge is 0.325 e. The van der Waals surface area contributed by atoms with Crippen molar-refractivity contribution in [3.8, 4) is 5.75 Å². The van der Waals surface area contributed by atoms with Crippen LogP contribution in [0.5, 0.6) is 5.75 Å². The molecule has 2 rings (SSSR count). The van der Waals surface area contributed by atoms with Crippen LogP contribution < -0.4 is 10.6 Å². The summed E-state index contributed by atoms with van der Waals surface area (Å²) in [6.07, 6.45) is 0.648. The molecule has 0 amide bonds. The van der Waals surface area contributed by atoms with E-state index in [1.807, 2.05) is 13.8 Å². The van der Waals surface area contributed by atoms with Crippen LogP contribution in [0.2, 0.25) is 0 Å². The molecule has 134 valence electrons. The maximum Gasteiger partial charge on any atom is 0.352 e. The second-order valence-corrected chi connectivity index (χ2v) is 8.39. The zero-order valence-corrected chi connectivity index (χ0v) is 15.2. The van der Waals surface area contributed by atoms with E-state index in [0.29, 0.717) is 6.42 Å². The minimum atomic E-state index is -3.64. The first-order valence-corrected chi connectivity index (χ1v) is 9.14. The van der Waals surface area contributed by atoms with Crippen molar-refractivity contribution >= 4 is 15.8 Å². The van der Waals surface area contributed by atoms with Gasteiger partial charge in [0.1, 0.15) is 0 Å². The number of carbonyl (C=O) groups is 1. The molecule has 0 aliphatic heterocycles. The Kier molecular flexibility index (Phi) is 5.49. The highest BCUT2D eigenvalue weighted by atomic mass is 32.2. The highest BCUT2D eigenvalue weighted by molar-refractivity contribution is 7.91. The van der Waals surface area contributed by atoms with Gasteiger partial charge in [0, 0.05) is 12.5 Å². The molecule has 6 nitrogen and oxygen atoms in total. The van der Waals surface area contributed by atoms with Crippen molar-refractivity contribution in [1.29, 1.82) is 0 Å². The van der Waals surface area contributed by atoms with Gasteiger partial charge in [-0.3, -0.25) is 9.78 Å². The van der Waals surface area contributed by atoms with E-state index in [1.54, 1.807) is 24.3 Å². The Hall–Kier alpha value is -2.38. The van der Waals surface area contributed by atoms with Gasteiger partial charge in [-0.25, -0.2) is 13.2 Å². The van der Waals surface area contributed by atoms with Gasteiger partial charge in [0.25, 0.3) is 0 Å². The minimum absolute atomic E-state index is 0.120. The second kappa shape index (κ2) is 7.25. The maximum atomic E-state index is 12.7. The van der Waals surface area contributed by atoms with E-state index < -0.39 is 15.8 Å². The Labute approximate surface area is 147 Å². The molecule has 25 heavy (non-hydrogen) atoms. The van der Waals surface area contributed by atoms with Gasteiger partial charge in [0.2, 0.25) is 9.84 Å². The van der Waals surface area contributed by atoms with Crippen molar-refractivity contribution in [2.75, 3.05) is 0 Å². The molecule has 0 saturated heterocycles. The van der Waals surface area contributed by atoms with Crippen LogP contribution in [-0.4, -0.2) is 19.9 Å². The molecular formula is C18H21NO5S. The molecule has 0 fully saturated rings. The Balaban J connectivity index is 2.19. The molecule has 0 radical (unpaired) electrons. The van der Waals surface area contributed by atoms with Gasteiger partial charge in [-0.05, 0) is 62.2 Å². The molecule has 0 heterocycles. The average Bonchev–Trinajstić information content (AvgIpc) is 2.52. The van der Waals surface area contributed by atoms with Crippen molar-refractivity contribution in [3.63, 3.8) is 0 Å². The third-order valence-electron chi connectivity index (χ3n) is 3.28. The van der Waals surface area contributed by atoms with E-state index in [-0.39, 0.29) is 21.1 Å². The predicted octanol–water partition coefficient (Wildman–Crippen LogP) is 2.66. The van der Waals surface area contributed by atoms with Crippen LogP contribution in [0.3, 0.4) is 0 Å². The lowest BCUT2D eigenvalue weighted by Gasteiger charge is -2.18. The van der Waals surface area contributed by atoms with E-state index in [4.69, 9.17) is 10.6 Å². The lowest BCUT2D eigenvalue weighted by molar-refractivity contribution is -0.210. The lowest BCUT2D eigenvalue weighted by atomic mass is 9.96. The summed E-state index contributed by atoms with van der Waals surface area (Å²) in [6.45, 7) is 5.03. The Morgan fingerprint density at radius 1 is 1.00 bits per heavy atom. The maximum absolute atomic E-state index is 12.7. The van der Waals surface area contributed by atoms with Gasteiger partial charge < -0.3 is 5.73 Å². The van der Waals surface area contributed by atoms with Gasteiger partial charge in [-0.2, -0.15) is 0 Å². The quantitative estimate of drug-likeness (QED) is 0.626. The van der Waals surface area contributed by atoms with Crippen LogP contribution in [0.4, 0.5) is 0 Å². The molecule has 2 N–H and O–H groups in total. The zero-order chi connectivity index (χ0) is 18.7. The molecular weight excluding hydrogens is 342 g/mol. The number of benzene rings is 2. The molecule has 7 heteroatoms. The molecule has 0 bridgehead atoms. The summed E-state index contributed by atoms with van der Waals surface area (Å²) < 4.78 is 25.3. The third kappa shape index (κ3) is 5.30. The van der Waals surface area contributed by atoms with Crippen LogP contribution in [-0.2, 0) is 25.9 Å². The Morgan fingerprint density at radius 3 is 1.92 bits per heavy atom. The van der Waals surface area contributed by atoms with E-state index in [9.17, 15) is 13.2 Å². The number of sulfone groups is 1. The molecule has 0 unspecified atom stereocenters. The van der Waals surface area contributed by atoms with Crippen molar-refractivity contribution in [2.24, 2.45) is 5.73 Å². The first-order valence-electron chi connectivity index (χ1n) is 7.66. The van der Waals surface area contributed by atoms with E-state index in [1.165, 1.54) is 31.2 Å². The van der Waals surface area contributed by atoms with Crippen molar-refractivity contribution in [1.82, 2.24) is 0 Å². The van der Waals surface area contributed by atoms with Gasteiger partial charge in [-0.15, -0.1) is 0 Å². The van der Waals surface area contributed by atoms with Crippen molar-refractivity contribution < 1.29 is 23.0 Å². The lowest BCUT2D eigenvalue weighted by Crippen LogP contribution is -2.34. The van der Waals surface area contributed by atoms with Crippen LogP contribution >= 0.6 is 0 Å². The van der Waals surface area contributed by atoms with E-state index in [0.717, 1.165) is 5.56 Å². The highest BCUT2D eigenvalue weighted by Crippen LogP contribution is 2.24. The second-order valence-electron chi connectivity index (χ2n) is 6.44. The van der Waals surface area contributed by atoms with Gasteiger partial charge in [0.15, 0.2) is 5.75 Å². The number of nitrogens with two attached hydrogens (primary N) is 1. The summed E-state index contributed by atoms with van der Waals surface area (Å²) in [6, 6.07) is 12.3. The molecule has 0 aliphatic carbocycles. The van der Waals surface area contributed by atoms with Crippen molar-refractivity contribution in [3.05, 3.63) is 54.1 Å². The Morgan fingerprint density at radius 2 is 1.48 bits per heavy atom. The summed E-state index contributed by atoms with van der Waals surface area (Å²) in [7, 11) is -3.64. The van der Waals surface area contributed by atoms with Crippen LogP contribution in [0.25, 0.3) is 0 Å². The fourth-order valence-corrected chi connectivity index (χ4v) is 3.49. The first-order chi connectivity index (χ1) is 11.6. The van der Waals surface area contributed by atoms with Crippen LogP contribution in [0.15, 0.2) is 58.3 Å². The monoisotopic (exact) mass is 363 g/mol. The Bertz CT molecular complexity index is 835. The third-order valence-corrected chi connectivity index (χ3v) is 5.07. The van der Waals surface area contributed by atoms with Crippen LogP contribution in [0.1, 0.15) is 26.3 Å². The summed E-state index contributed by atoms with van der Waals surface area (Å²) >= 11 is 0. The predicted molar refractivity (Wildman–Crippen MR) is 92.7 cm³/mol. The molecule has 0 aromatic heterocycles. The fourth-order valence-electron chi connectivity index (χ4n) is 2.23. The standard InChI is InChI=1S/C18H21NO5S/c1-13(20)23-24-15-6-10-17(11-7-15)25(21,22)16-8-4-14(5-9-16)12-18(2,3)19/h4-11H,12,19H2,1-3H3. The molecule has 0 aliphatic rings. The zero-order valence-electron chi connectivity index (χ0n) is 14.4. The normalized spacial score (nSPS) is 11.8. The summed E-state index contributed by atoms with van der Waals surface area (Å²) in [5.41, 5.74) is 6.58. The fraction of sp³-hybridized carbons (Fsp3) is 0.278. The van der Waals surface area contributed by atoms with Crippen LogP contribution in [0, 0.1) is 0 Å². The molecule has 2 aromatic rings. The topological polar surface area (TPSA) is 95.7 Å². The molecule has 2 aromatic carbocycles. The average molecular weight is 363 g/mol. The van der Waals surface area contributed by atoms with E-state index >= 15 is 0 Å². The largest absolute Gasteiger partial charge is 0.352 e. The SMILES string of the molecule is CC(=O)OOc1ccc(S(=O)(=O)c2ccc(CC(C)(C)N)cc2)cc1. The molecule has 0 spiro atoms. The number of carbonyl (C=O) groups excluding carboxylic acids is 1. The first kappa shape index (κ1) is 19.0. The number of hydrogen-bond donors (Lipinski definition) is 1. The summed E-state index contributed by atoms with van der Waals surface area (Å²) in [5, 5.41) is 0.